The molecular weight excluding hydrogens is 336 g/mol. The van der Waals surface area contributed by atoms with Crippen LogP contribution >= 0.6 is 11.6 Å². The zero-order chi connectivity index (χ0) is 18.1. The molecule has 0 saturated carbocycles. The van der Waals surface area contributed by atoms with Crippen LogP contribution in [0.4, 0.5) is 5.69 Å². The lowest BCUT2D eigenvalue weighted by molar-refractivity contribution is 0.102. The van der Waals surface area contributed by atoms with E-state index in [0.717, 1.165) is 16.8 Å². The lowest BCUT2D eigenvalue weighted by Gasteiger charge is -2.07. The van der Waals surface area contributed by atoms with Gasteiger partial charge in [-0.25, -0.2) is 0 Å². The number of hydrogen-bond donors (Lipinski definition) is 1. The van der Waals surface area contributed by atoms with E-state index in [0.29, 0.717) is 22.1 Å². The largest absolute Gasteiger partial charge is 0.320 e. The lowest BCUT2D eigenvalue weighted by Crippen LogP contribution is -2.15. The Kier molecular flexibility index (Phi) is 4.59. The van der Waals surface area contributed by atoms with Crippen molar-refractivity contribution in [2.45, 2.75) is 27.7 Å². The van der Waals surface area contributed by atoms with Crippen molar-refractivity contribution < 1.29 is 4.79 Å². The van der Waals surface area contributed by atoms with Crippen molar-refractivity contribution in [2.24, 2.45) is 0 Å². The van der Waals surface area contributed by atoms with E-state index in [-0.39, 0.29) is 5.91 Å². The number of nitrogens with one attached hydrogen (secondary N) is 1. The highest BCUT2D eigenvalue weighted by atomic mass is 35.5. The van der Waals surface area contributed by atoms with E-state index >= 15 is 0 Å². The van der Waals surface area contributed by atoms with Crippen LogP contribution in [-0.2, 0) is 0 Å². The standard InChI is InChI=1S/C19H19ClN4O/c1-11-5-8-17(13(3)9-11)24-22-14(4)18(23-24)19(25)21-16-7-6-15(20)10-12(16)2/h5-10H,1-4H3,(H,21,25). The van der Waals surface area contributed by atoms with E-state index in [1.54, 1.807) is 25.1 Å². The van der Waals surface area contributed by atoms with Crippen LogP contribution in [0, 0.1) is 27.7 Å². The van der Waals surface area contributed by atoms with Gasteiger partial charge in [0.05, 0.1) is 11.4 Å². The topological polar surface area (TPSA) is 59.8 Å². The maximum absolute atomic E-state index is 12.6. The summed E-state index contributed by atoms with van der Waals surface area (Å²) in [6.07, 6.45) is 0. The Morgan fingerprint density at radius 1 is 1.00 bits per heavy atom. The fraction of sp³-hybridized carbons (Fsp3) is 0.211. The summed E-state index contributed by atoms with van der Waals surface area (Å²) in [6.45, 7) is 7.70. The Morgan fingerprint density at radius 2 is 1.76 bits per heavy atom. The summed E-state index contributed by atoms with van der Waals surface area (Å²) >= 11 is 5.95. The van der Waals surface area contributed by atoms with Gasteiger partial charge in [0.1, 0.15) is 0 Å². The molecule has 0 fully saturated rings. The Bertz CT molecular complexity index is 962. The van der Waals surface area contributed by atoms with Crippen LogP contribution in [-0.4, -0.2) is 20.9 Å². The second-order valence-electron chi connectivity index (χ2n) is 6.13. The fourth-order valence-corrected chi connectivity index (χ4v) is 2.90. The predicted octanol–water partition coefficient (Wildman–Crippen LogP) is 4.41. The molecule has 0 bridgehead atoms. The van der Waals surface area contributed by atoms with E-state index < -0.39 is 0 Å². The zero-order valence-corrected chi connectivity index (χ0v) is 15.3. The third kappa shape index (κ3) is 3.56. The number of aryl methyl sites for hydroxylation is 4. The van der Waals surface area contributed by atoms with Gasteiger partial charge < -0.3 is 5.32 Å². The SMILES string of the molecule is Cc1ccc(-n2nc(C)c(C(=O)Nc3ccc(Cl)cc3C)n2)c(C)c1. The van der Waals surface area contributed by atoms with Gasteiger partial charge in [-0.2, -0.15) is 9.90 Å². The first-order chi connectivity index (χ1) is 11.8. The van der Waals surface area contributed by atoms with E-state index in [2.05, 4.69) is 21.6 Å². The van der Waals surface area contributed by atoms with Crippen LogP contribution in [0.5, 0.6) is 0 Å². The van der Waals surface area contributed by atoms with Crippen molar-refractivity contribution in [2.75, 3.05) is 5.32 Å². The first kappa shape index (κ1) is 17.2. The minimum absolute atomic E-state index is 0.293. The third-order valence-corrected chi connectivity index (χ3v) is 4.24. The maximum atomic E-state index is 12.6. The molecule has 1 amide bonds. The smallest absolute Gasteiger partial charge is 0.278 e. The van der Waals surface area contributed by atoms with Gasteiger partial charge >= 0.3 is 0 Å². The highest BCUT2D eigenvalue weighted by Gasteiger charge is 2.18. The summed E-state index contributed by atoms with van der Waals surface area (Å²) in [5.74, 6) is -0.293. The molecule has 3 rings (SSSR count). The summed E-state index contributed by atoms with van der Waals surface area (Å²) < 4.78 is 0. The average Bonchev–Trinajstić information content (AvgIpc) is 2.91. The van der Waals surface area contributed by atoms with Gasteiger partial charge in [-0.1, -0.05) is 29.3 Å². The molecule has 0 radical (unpaired) electrons. The maximum Gasteiger partial charge on any atom is 0.278 e. The highest BCUT2D eigenvalue weighted by Crippen LogP contribution is 2.21. The monoisotopic (exact) mass is 354 g/mol. The molecule has 0 unspecified atom stereocenters. The number of anilines is 1. The molecule has 6 heteroatoms. The Morgan fingerprint density at radius 3 is 2.44 bits per heavy atom. The second-order valence-corrected chi connectivity index (χ2v) is 6.56. The van der Waals surface area contributed by atoms with Crippen LogP contribution in [0.3, 0.4) is 0 Å². The van der Waals surface area contributed by atoms with Gasteiger partial charge in [-0.15, -0.1) is 5.10 Å². The number of carbonyl (C=O) groups is 1. The normalized spacial score (nSPS) is 10.8. The number of halogens is 1. The molecule has 0 spiro atoms. The molecule has 3 aromatic rings. The van der Waals surface area contributed by atoms with Gasteiger partial charge in [0.15, 0.2) is 5.69 Å². The molecule has 2 aromatic carbocycles. The number of hydrogen-bond acceptors (Lipinski definition) is 3. The summed E-state index contributed by atoms with van der Waals surface area (Å²) in [6, 6.07) is 11.3. The Balaban J connectivity index is 1.90. The van der Waals surface area contributed by atoms with Gasteiger partial charge in [0, 0.05) is 10.7 Å². The molecule has 1 aromatic heterocycles. The number of aromatic nitrogens is 3. The average molecular weight is 355 g/mol. The van der Waals surface area contributed by atoms with Gasteiger partial charge in [-0.3, -0.25) is 4.79 Å². The van der Waals surface area contributed by atoms with E-state index in [4.69, 9.17) is 11.6 Å². The molecule has 0 saturated heterocycles. The molecule has 0 aliphatic heterocycles. The van der Waals surface area contributed by atoms with Gasteiger partial charge in [-0.05, 0) is 63.1 Å². The number of rotatable bonds is 3. The van der Waals surface area contributed by atoms with Crippen LogP contribution in [0.15, 0.2) is 36.4 Å². The van der Waals surface area contributed by atoms with Crippen molar-refractivity contribution in [3.8, 4) is 5.69 Å². The molecule has 1 heterocycles. The summed E-state index contributed by atoms with van der Waals surface area (Å²) in [5, 5.41) is 12.3. The van der Waals surface area contributed by atoms with Crippen LogP contribution in [0.1, 0.15) is 32.9 Å². The number of amides is 1. The molecule has 0 aliphatic rings. The molecule has 5 nitrogen and oxygen atoms in total. The van der Waals surface area contributed by atoms with Gasteiger partial charge in [0.25, 0.3) is 5.91 Å². The van der Waals surface area contributed by atoms with E-state index in [1.165, 1.54) is 10.4 Å². The third-order valence-electron chi connectivity index (χ3n) is 4.00. The van der Waals surface area contributed by atoms with E-state index in [9.17, 15) is 4.79 Å². The van der Waals surface area contributed by atoms with Crippen molar-refractivity contribution in [3.05, 3.63) is 69.5 Å². The van der Waals surface area contributed by atoms with Crippen LogP contribution in [0.2, 0.25) is 5.02 Å². The Labute approximate surface area is 151 Å². The zero-order valence-electron chi connectivity index (χ0n) is 14.6. The first-order valence-corrected chi connectivity index (χ1v) is 8.32. The summed E-state index contributed by atoms with van der Waals surface area (Å²) in [7, 11) is 0. The quantitative estimate of drug-likeness (QED) is 0.758. The van der Waals surface area contributed by atoms with E-state index in [1.807, 2.05) is 32.9 Å². The number of nitrogens with zero attached hydrogens (tertiary/aromatic N) is 3. The molecule has 1 N–H and O–H groups in total. The number of carbonyl (C=O) groups excluding carboxylic acids is 1. The second kappa shape index (κ2) is 6.69. The van der Waals surface area contributed by atoms with Gasteiger partial charge in [0.2, 0.25) is 0 Å². The molecule has 0 atom stereocenters. The molecule has 0 aliphatic carbocycles. The van der Waals surface area contributed by atoms with Crippen molar-refractivity contribution in [3.63, 3.8) is 0 Å². The fourth-order valence-electron chi connectivity index (χ4n) is 2.67. The Hall–Kier alpha value is -2.66. The molecule has 25 heavy (non-hydrogen) atoms. The molecule has 128 valence electrons. The van der Waals surface area contributed by atoms with Crippen molar-refractivity contribution >= 4 is 23.2 Å². The molecular formula is C19H19ClN4O. The van der Waals surface area contributed by atoms with Crippen molar-refractivity contribution in [1.29, 1.82) is 0 Å². The first-order valence-electron chi connectivity index (χ1n) is 7.94. The minimum Gasteiger partial charge on any atom is -0.320 e. The lowest BCUT2D eigenvalue weighted by atomic mass is 10.1. The predicted molar refractivity (Wildman–Crippen MR) is 99.7 cm³/mol. The van der Waals surface area contributed by atoms with Crippen LogP contribution in [0.25, 0.3) is 5.69 Å². The van der Waals surface area contributed by atoms with Crippen molar-refractivity contribution in [1.82, 2.24) is 15.0 Å². The summed E-state index contributed by atoms with van der Waals surface area (Å²) in [5.41, 5.74) is 5.54. The van der Waals surface area contributed by atoms with Crippen LogP contribution < -0.4 is 5.32 Å². The highest BCUT2D eigenvalue weighted by molar-refractivity contribution is 6.30. The number of benzene rings is 2. The minimum atomic E-state index is -0.293. The summed E-state index contributed by atoms with van der Waals surface area (Å²) in [4.78, 5) is 14.1.